The summed E-state index contributed by atoms with van der Waals surface area (Å²) in [4.78, 5) is 4.24. The van der Waals surface area contributed by atoms with Crippen LogP contribution >= 0.6 is 0 Å². The lowest BCUT2D eigenvalue weighted by atomic mass is 9.67. The minimum Gasteiger partial charge on any atom is -0.265 e. The summed E-state index contributed by atoms with van der Waals surface area (Å²) in [7, 11) is 0. The summed E-state index contributed by atoms with van der Waals surface area (Å²) in [6.45, 7) is 0. The second kappa shape index (κ2) is 4.61. The Balaban J connectivity index is 1.66. The largest absolute Gasteiger partial charge is 0.265 e. The zero-order valence-electron chi connectivity index (χ0n) is 11.9. The van der Waals surface area contributed by atoms with E-state index in [0.717, 1.165) is 17.8 Å². The minimum atomic E-state index is 0.712. The van der Waals surface area contributed by atoms with E-state index in [1.54, 1.807) is 5.56 Å². The number of pyridine rings is 1. The van der Waals surface area contributed by atoms with E-state index < -0.39 is 0 Å². The zero-order chi connectivity index (χ0) is 12.7. The monoisotopic (exact) mass is 255 g/mol. The fourth-order valence-corrected chi connectivity index (χ4v) is 4.89. The molecule has 0 saturated heterocycles. The Kier molecular flexibility index (Phi) is 2.90. The first-order valence-electron chi connectivity index (χ1n) is 8.30. The highest BCUT2D eigenvalue weighted by Gasteiger charge is 2.59. The summed E-state index contributed by atoms with van der Waals surface area (Å²) >= 11 is 0. The summed E-state index contributed by atoms with van der Waals surface area (Å²) in [5.41, 5.74) is 2.31. The third kappa shape index (κ3) is 2.11. The van der Waals surface area contributed by atoms with Crippen LogP contribution in [-0.2, 0) is 0 Å². The second-order valence-electron chi connectivity index (χ2n) is 7.16. The van der Waals surface area contributed by atoms with E-state index in [9.17, 15) is 0 Å². The van der Waals surface area contributed by atoms with Crippen molar-refractivity contribution in [2.75, 3.05) is 0 Å². The van der Waals surface area contributed by atoms with Crippen LogP contribution in [-0.4, -0.2) is 4.98 Å². The van der Waals surface area contributed by atoms with Crippen molar-refractivity contribution in [3.8, 4) is 0 Å². The number of hydrogen-bond donors (Lipinski definition) is 0. The SMILES string of the molecule is c1cc(C(C2CCCCC2)C2(C3CC3)CC2)ccn1. The van der Waals surface area contributed by atoms with Crippen LogP contribution in [0.1, 0.15) is 69.3 Å². The lowest BCUT2D eigenvalue weighted by Gasteiger charge is -2.37. The number of rotatable bonds is 4. The van der Waals surface area contributed by atoms with E-state index in [-0.39, 0.29) is 0 Å². The van der Waals surface area contributed by atoms with Crippen LogP contribution < -0.4 is 0 Å². The van der Waals surface area contributed by atoms with Crippen LogP contribution in [0.25, 0.3) is 0 Å². The Morgan fingerprint density at radius 3 is 2.21 bits per heavy atom. The molecule has 1 heterocycles. The third-order valence-electron chi connectivity index (χ3n) is 6.02. The summed E-state index contributed by atoms with van der Waals surface area (Å²) in [6, 6.07) is 4.61. The standard InChI is InChI=1S/C18H25N/c1-2-4-14(5-3-1)17(15-8-12-19-13-9-15)18(10-11-18)16-6-7-16/h8-9,12-14,16-17H,1-7,10-11H2. The molecule has 1 heteroatoms. The molecular weight excluding hydrogens is 230 g/mol. The molecule has 19 heavy (non-hydrogen) atoms. The molecule has 0 aromatic carbocycles. The maximum Gasteiger partial charge on any atom is 0.0270 e. The van der Waals surface area contributed by atoms with Gasteiger partial charge in [0.05, 0.1) is 0 Å². The number of hydrogen-bond acceptors (Lipinski definition) is 1. The van der Waals surface area contributed by atoms with E-state index in [1.807, 2.05) is 12.4 Å². The molecule has 3 saturated carbocycles. The first-order valence-corrected chi connectivity index (χ1v) is 8.30. The summed E-state index contributed by atoms with van der Waals surface area (Å²) in [6.07, 6.45) is 17.4. The molecule has 1 nitrogen and oxygen atoms in total. The van der Waals surface area contributed by atoms with Crippen molar-refractivity contribution in [1.82, 2.24) is 4.98 Å². The van der Waals surface area contributed by atoms with Crippen LogP contribution in [0.2, 0.25) is 0 Å². The molecule has 1 unspecified atom stereocenters. The molecule has 0 amide bonds. The maximum absolute atomic E-state index is 4.24. The Hall–Kier alpha value is -0.850. The quantitative estimate of drug-likeness (QED) is 0.743. The third-order valence-corrected chi connectivity index (χ3v) is 6.02. The smallest absolute Gasteiger partial charge is 0.0270 e. The van der Waals surface area contributed by atoms with Gasteiger partial charge in [-0.05, 0) is 79.4 Å². The highest BCUT2D eigenvalue weighted by Crippen LogP contribution is 2.70. The van der Waals surface area contributed by atoms with Gasteiger partial charge in [0, 0.05) is 12.4 Å². The van der Waals surface area contributed by atoms with Gasteiger partial charge in [-0.1, -0.05) is 19.3 Å². The molecule has 3 aliphatic carbocycles. The summed E-state index contributed by atoms with van der Waals surface area (Å²) in [5.74, 6) is 2.87. The minimum absolute atomic E-state index is 0.712. The van der Waals surface area contributed by atoms with Gasteiger partial charge in [-0.25, -0.2) is 0 Å². The van der Waals surface area contributed by atoms with Crippen molar-refractivity contribution in [2.24, 2.45) is 17.3 Å². The zero-order valence-corrected chi connectivity index (χ0v) is 11.9. The first kappa shape index (κ1) is 11.9. The fraction of sp³-hybridized carbons (Fsp3) is 0.722. The van der Waals surface area contributed by atoms with Gasteiger partial charge >= 0.3 is 0 Å². The average Bonchev–Trinajstić information content (AvgIpc) is 3.35. The Bertz CT molecular complexity index is 424. The van der Waals surface area contributed by atoms with E-state index in [0.29, 0.717) is 5.41 Å². The molecule has 3 fully saturated rings. The molecule has 0 aliphatic heterocycles. The Labute approximate surface area is 116 Å². The maximum atomic E-state index is 4.24. The number of aromatic nitrogens is 1. The van der Waals surface area contributed by atoms with Gasteiger partial charge in [0.15, 0.2) is 0 Å². The topological polar surface area (TPSA) is 12.9 Å². The van der Waals surface area contributed by atoms with Crippen molar-refractivity contribution in [2.45, 2.75) is 63.7 Å². The first-order chi connectivity index (χ1) is 9.40. The summed E-state index contributed by atoms with van der Waals surface area (Å²) in [5, 5.41) is 0. The molecule has 1 aromatic heterocycles. The lowest BCUT2D eigenvalue weighted by molar-refractivity contribution is 0.207. The van der Waals surface area contributed by atoms with Crippen LogP contribution in [0.15, 0.2) is 24.5 Å². The van der Waals surface area contributed by atoms with E-state index in [4.69, 9.17) is 0 Å². The van der Waals surface area contributed by atoms with Gasteiger partial charge < -0.3 is 0 Å². The van der Waals surface area contributed by atoms with Crippen molar-refractivity contribution in [3.63, 3.8) is 0 Å². The van der Waals surface area contributed by atoms with Gasteiger partial charge in [-0.2, -0.15) is 0 Å². The second-order valence-corrected chi connectivity index (χ2v) is 7.16. The molecule has 0 N–H and O–H groups in total. The van der Waals surface area contributed by atoms with Gasteiger partial charge in [0.2, 0.25) is 0 Å². The van der Waals surface area contributed by atoms with E-state index >= 15 is 0 Å². The van der Waals surface area contributed by atoms with Crippen molar-refractivity contribution in [3.05, 3.63) is 30.1 Å². The normalized spacial score (nSPS) is 28.0. The van der Waals surface area contributed by atoms with Crippen LogP contribution in [0.5, 0.6) is 0 Å². The van der Waals surface area contributed by atoms with Crippen LogP contribution in [0.3, 0.4) is 0 Å². The Morgan fingerprint density at radius 1 is 0.947 bits per heavy atom. The molecule has 0 spiro atoms. The Morgan fingerprint density at radius 2 is 1.63 bits per heavy atom. The van der Waals surface area contributed by atoms with E-state index in [1.165, 1.54) is 57.8 Å². The predicted molar refractivity (Wildman–Crippen MR) is 77.9 cm³/mol. The predicted octanol–water partition coefficient (Wildman–Crippen LogP) is 4.94. The van der Waals surface area contributed by atoms with Crippen molar-refractivity contribution in [1.29, 1.82) is 0 Å². The molecule has 0 bridgehead atoms. The van der Waals surface area contributed by atoms with Gasteiger partial charge in [0.25, 0.3) is 0 Å². The molecule has 3 aliphatic rings. The highest BCUT2D eigenvalue weighted by molar-refractivity contribution is 5.26. The molecule has 0 radical (unpaired) electrons. The molecule has 1 atom stereocenters. The lowest BCUT2D eigenvalue weighted by Crippen LogP contribution is -2.26. The molecule has 4 rings (SSSR count). The molecule has 102 valence electrons. The summed E-state index contributed by atoms with van der Waals surface area (Å²) < 4.78 is 0. The fourth-order valence-electron chi connectivity index (χ4n) is 4.89. The molecule has 1 aromatic rings. The average molecular weight is 255 g/mol. The highest BCUT2D eigenvalue weighted by atomic mass is 14.7. The van der Waals surface area contributed by atoms with Crippen molar-refractivity contribution < 1.29 is 0 Å². The van der Waals surface area contributed by atoms with Crippen molar-refractivity contribution >= 4 is 0 Å². The van der Waals surface area contributed by atoms with Crippen LogP contribution in [0, 0.1) is 17.3 Å². The van der Waals surface area contributed by atoms with Gasteiger partial charge in [-0.15, -0.1) is 0 Å². The van der Waals surface area contributed by atoms with E-state index in [2.05, 4.69) is 17.1 Å². The van der Waals surface area contributed by atoms with Gasteiger partial charge in [-0.3, -0.25) is 4.98 Å². The number of nitrogens with zero attached hydrogens (tertiary/aromatic N) is 1. The van der Waals surface area contributed by atoms with Gasteiger partial charge in [0.1, 0.15) is 0 Å². The molecular formula is C18H25N. The van der Waals surface area contributed by atoms with Crippen LogP contribution in [0.4, 0.5) is 0 Å².